The Kier molecular flexibility index (Phi) is 3.58. The Hall–Kier alpha value is -0.370. The topological polar surface area (TPSA) is 21.6 Å². The number of hydrogen-bond donors (Lipinski definition) is 0. The van der Waals surface area contributed by atoms with E-state index < -0.39 is 0 Å². The van der Waals surface area contributed by atoms with E-state index in [1.54, 1.807) is 7.11 Å². The van der Waals surface area contributed by atoms with Gasteiger partial charge in [0.2, 0.25) is 0 Å². The van der Waals surface area contributed by atoms with Gasteiger partial charge in [0.05, 0.1) is 12.1 Å². The summed E-state index contributed by atoms with van der Waals surface area (Å²) in [6.45, 7) is 8.84. The van der Waals surface area contributed by atoms with Gasteiger partial charge < -0.3 is 4.74 Å². The molecule has 0 saturated heterocycles. The van der Waals surface area contributed by atoms with Crippen molar-refractivity contribution in [2.24, 2.45) is 4.99 Å². The first-order valence-electron chi connectivity index (χ1n) is 3.50. The normalized spacial score (nSPS) is 13.9. The first-order valence-corrected chi connectivity index (χ1v) is 3.50. The molecular formula is C8H17NO. The molecule has 60 valence electrons. The van der Waals surface area contributed by atoms with Crippen molar-refractivity contribution >= 4 is 5.71 Å². The van der Waals surface area contributed by atoms with Crippen molar-refractivity contribution in [1.29, 1.82) is 0 Å². The maximum atomic E-state index is 4.92. The second kappa shape index (κ2) is 3.71. The first-order chi connectivity index (χ1) is 4.45. The highest BCUT2D eigenvalue weighted by Crippen LogP contribution is 2.06. The van der Waals surface area contributed by atoms with Gasteiger partial charge in [-0.25, -0.2) is 0 Å². The standard InChI is InChI=1S/C8H17NO/c1-7(6-10-5)9-8(2,3)4/h6H2,1-5H3/b9-7-. The smallest absolute Gasteiger partial charge is 0.0837 e. The van der Waals surface area contributed by atoms with Crippen LogP contribution in [0, 0.1) is 0 Å². The average molecular weight is 143 g/mol. The molecule has 10 heavy (non-hydrogen) atoms. The SMILES string of the molecule is COC/C(C)=N\C(C)(C)C. The molecule has 0 aromatic rings. The van der Waals surface area contributed by atoms with Crippen molar-refractivity contribution in [3.05, 3.63) is 0 Å². The Morgan fingerprint density at radius 1 is 1.40 bits per heavy atom. The van der Waals surface area contributed by atoms with Gasteiger partial charge in [-0.2, -0.15) is 0 Å². The lowest BCUT2D eigenvalue weighted by Crippen LogP contribution is -2.15. The zero-order valence-electron chi connectivity index (χ0n) is 7.56. The number of aliphatic imine (C=N–C) groups is 1. The van der Waals surface area contributed by atoms with Crippen molar-refractivity contribution in [1.82, 2.24) is 0 Å². The molecule has 0 heterocycles. The molecule has 0 N–H and O–H groups in total. The summed E-state index contributed by atoms with van der Waals surface area (Å²) in [5, 5.41) is 0. The van der Waals surface area contributed by atoms with Gasteiger partial charge in [0.25, 0.3) is 0 Å². The minimum atomic E-state index is 0.0304. The van der Waals surface area contributed by atoms with Gasteiger partial charge in [0, 0.05) is 12.8 Å². The molecule has 0 aliphatic heterocycles. The van der Waals surface area contributed by atoms with Gasteiger partial charge in [-0.05, 0) is 27.7 Å². The van der Waals surface area contributed by atoms with Crippen molar-refractivity contribution in [2.75, 3.05) is 13.7 Å². The van der Waals surface area contributed by atoms with Crippen LogP contribution in [0.1, 0.15) is 27.7 Å². The molecule has 0 saturated carbocycles. The maximum Gasteiger partial charge on any atom is 0.0837 e. The van der Waals surface area contributed by atoms with Crippen LogP contribution in [0.2, 0.25) is 0 Å². The fraction of sp³-hybridized carbons (Fsp3) is 0.875. The molecule has 2 nitrogen and oxygen atoms in total. The molecule has 0 aliphatic carbocycles. The van der Waals surface area contributed by atoms with Crippen LogP contribution >= 0.6 is 0 Å². The Bertz CT molecular complexity index is 122. The largest absolute Gasteiger partial charge is 0.379 e. The van der Waals surface area contributed by atoms with Crippen molar-refractivity contribution in [3.8, 4) is 0 Å². The lowest BCUT2D eigenvalue weighted by molar-refractivity contribution is 0.244. The van der Waals surface area contributed by atoms with Crippen LogP contribution in [0.5, 0.6) is 0 Å². The van der Waals surface area contributed by atoms with Crippen LogP contribution in [0.25, 0.3) is 0 Å². The Morgan fingerprint density at radius 2 is 1.90 bits per heavy atom. The summed E-state index contributed by atoms with van der Waals surface area (Å²) in [7, 11) is 1.68. The molecule has 0 unspecified atom stereocenters. The molecule has 0 amide bonds. The van der Waals surface area contributed by atoms with Crippen LogP contribution in [0.4, 0.5) is 0 Å². The molecule has 0 rings (SSSR count). The quantitative estimate of drug-likeness (QED) is 0.541. The van der Waals surface area contributed by atoms with Crippen LogP contribution in [0.3, 0.4) is 0 Å². The number of nitrogens with zero attached hydrogens (tertiary/aromatic N) is 1. The second-order valence-corrected chi connectivity index (χ2v) is 3.45. The van der Waals surface area contributed by atoms with E-state index in [-0.39, 0.29) is 5.54 Å². The average Bonchev–Trinajstić information content (AvgIpc) is 1.59. The Labute approximate surface area is 63.3 Å². The van der Waals surface area contributed by atoms with Gasteiger partial charge in [0.15, 0.2) is 0 Å². The summed E-state index contributed by atoms with van der Waals surface area (Å²) in [6.07, 6.45) is 0. The van der Waals surface area contributed by atoms with E-state index in [1.807, 2.05) is 6.92 Å². The third-order valence-corrected chi connectivity index (χ3v) is 0.879. The molecule has 0 atom stereocenters. The van der Waals surface area contributed by atoms with Crippen molar-refractivity contribution in [2.45, 2.75) is 33.2 Å². The maximum absolute atomic E-state index is 4.92. The van der Waals surface area contributed by atoms with E-state index in [4.69, 9.17) is 4.74 Å². The van der Waals surface area contributed by atoms with Crippen molar-refractivity contribution < 1.29 is 4.74 Å². The third-order valence-electron chi connectivity index (χ3n) is 0.879. The predicted octanol–water partition coefficient (Wildman–Crippen LogP) is 1.89. The highest BCUT2D eigenvalue weighted by atomic mass is 16.5. The number of methoxy groups -OCH3 is 1. The summed E-state index contributed by atoms with van der Waals surface area (Å²) < 4.78 is 4.92. The van der Waals surface area contributed by atoms with Crippen LogP contribution in [0.15, 0.2) is 4.99 Å². The van der Waals surface area contributed by atoms with Gasteiger partial charge in [0.1, 0.15) is 0 Å². The number of ether oxygens (including phenoxy) is 1. The summed E-state index contributed by atoms with van der Waals surface area (Å²) in [5.74, 6) is 0. The van der Waals surface area contributed by atoms with Crippen LogP contribution in [-0.2, 0) is 4.74 Å². The molecule has 0 aliphatic rings. The van der Waals surface area contributed by atoms with Crippen molar-refractivity contribution in [3.63, 3.8) is 0 Å². The molecule has 2 heteroatoms. The molecule has 0 spiro atoms. The van der Waals surface area contributed by atoms with Crippen LogP contribution < -0.4 is 0 Å². The van der Waals surface area contributed by atoms with E-state index in [2.05, 4.69) is 25.8 Å². The van der Waals surface area contributed by atoms with E-state index >= 15 is 0 Å². The molecule has 0 aromatic heterocycles. The zero-order valence-corrected chi connectivity index (χ0v) is 7.56. The Balaban J connectivity index is 3.90. The molecular weight excluding hydrogens is 126 g/mol. The molecule has 0 fully saturated rings. The lowest BCUT2D eigenvalue weighted by Gasteiger charge is -2.13. The number of hydrogen-bond acceptors (Lipinski definition) is 2. The summed E-state index contributed by atoms with van der Waals surface area (Å²) >= 11 is 0. The fourth-order valence-corrected chi connectivity index (χ4v) is 0.814. The van der Waals surface area contributed by atoms with Gasteiger partial charge in [-0.15, -0.1) is 0 Å². The molecule has 0 radical (unpaired) electrons. The number of rotatable bonds is 2. The van der Waals surface area contributed by atoms with Gasteiger partial charge in [-0.1, -0.05) is 0 Å². The summed E-state index contributed by atoms with van der Waals surface area (Å²) in [4.78, 5) is 4.39. The lowest BCUT2D eigenvalue weighted by atomic mass is 10.1. The predicted molar refractivity (Wildman–Crippen MR) is 44.7 cm³/mol. The minimum Gasteiger partial charge on any atom is -0.379 e. The molecule has 0 bridgehead atoms. The summed E-state index contributed by atoms with van der Waals surface area (Å²) in [6, 6.07) is 0. The highest BCUT2D eigenvalue weighted by Gasteiger charge is 2.06. The van der Waals surface area contributed by atoms with E-state index in [9.17, 15) is 0 Å². The minimum absolute atomic E-state index is 0.0304. The first kappa shape index (κ1) is 9.63. The van der Waals surface area contributed by atoms with E-state index in [0.29, 0.717) is 6.61 Å². The van der Waals surface area contributed by atoms with E-state index in [0.717, 1.165) is 5.71 Å². The third kappa shape index (κ3) is 5.76. The Morgan fingerprint density at radius 3 is 2.20 bits per heavy atom. The van der Waals surface area contributed by atoms with E-state index in [1.165, 1.54) is 0 Å². The zero-order chi connectivity index (χ0) is 8.20. The monoisotopic (exact) mass is 143 g/mol. The highest BCUT2D eigenvalue weighted by molar-refractivity contribution is 5.83. The van der Waals surface area contributed by atoms with Crippen LogP contribution in [-0.4, -0.2) is 25.0 Å². The van der Waals surface area contributed by atoms with Gasteiger partial charge in [-0.3, -0.25) is 4.99 Å². The molecule has 0 aromatic carbocycles. The second-order valence-electron chi connectivity index (χ2n) is 3.45. The summed E-state index contributed by atoms with van der Waals surface area (Å²) in [5.41, 5.74) is 1.08. The fourth-order valence-electron chi connectivity index (χ4n) is 0.814. The van der Waals surface area contributed by atoms with Gasteiger partial charge >= 0.3 is 0 Å².